The fourth-order valence-electron chi connectivity index (χ4n) is 3.63. The standard InChI is InChI=1S/C12H15N3O4/c16-12(17)11-10(15(18)19)6-14(13-11)5-9-4-7-1-2-8(9)3-7/h6-9H,1-5H2,(H,16,17). The van der Waals surface area contributed by atoms with Crippen molar-refractivity contribution in [2.45, 2.75) is 32.2 Å². The molecular weight excluding hydrogens is 250 g/mol. The maximum absolute atomic E-state index is 10.9. The van der Waals surface area contributed by atoms with Gasteiger partial charge < -0.3 is 5.11 Å². The number of nitro groups is 1. The molecule has 1 aromatic rings. The molecule has 19 heavy (non-hydrogen) atoms. The molecule has 1 N–H and O–H groups in total. The molecule has 2 fully saturated rings. The van der Waals surface area contributed by atoms with Gasteiger partial charge in [-0.3, -0.25) is 14.8 Å². The van der Waals surface area contributed by atoms with Crippen LogP contribution in [0.5, 0.6) is 0 Å². The second-order valence-corrected chi connectivity index (χ2v) is 5.58. The van der Waals surface area contributed by atoms with Gasteiger partial charge in [0.05, 0.1) is 4.92 Å². The van der Waals surface area contributed by atoms with Gasteiger partial charge in [0.1, 0.15) is 6.20 Å². The summed E-state index contributed by atoms with van der Waals surface area (Å²) in [6.07, 6.45) is 6.15. The molecule has 0 spiro atoms. The minimum atomic E-state index is -1.35. The van der Waals surface area contributed by atoms with Gasteiger partial charge in [0.25, 0.3) is 0 Å². The van der Waals surface area contributed by atoms with Crippen molar-refractivity contribution < 1.29 is 14.8 Å². The average Bonchev–Trinajstić information content (AvgIpc) is 3.02. The highest BCUT2D eigenvalue weighted by Gasteiger charge is 2.40. The molecular formula is C12H15N3O4. The molecule has 7 nitrogen and oxygen atoms in total. The molecule has 7 heteroatoms. The summed E-state index contributed by atoms with van der Waals surface area (Å²) in [6, 6.07) is 0. The van der Waals surface area contributed by atoms with E-state index in [2.05, 4.69) is 5.10 Å². The lowest BCUT2D eigenvalue weighted by molar-refractivity contribution is -0.385. The first-order chi connectivity index (χ1) is 9.04. The predicted molar refractivity (Wildman–Crippen MR) is 64.8 cm³/mol. The molecule has 0 saturated heterocycles. The van der Waals surface area contributed by atoms with Gasteiger partial charge in [-0.15, -0.1) is 0 Å². The van der Waals surface area contributed by atoms with E-state index in [4.69, 9.17) is 5.11 Å². The maximum Gasteiger partial charge on any atom is 0.363 e. The third kappa shape index (κ3) is 2.09. The summed E-state index contributed by atoms with van der Waals surface area (Å²) in [5.41, 5.74) is -0.885. The number of aromatic carboxylic acids is 1. The monoisotopic (exact) mass is 265 g/mol. The van der Waals surface area contributed by atoms with Crippen molar-refractivity contribution in [3.8, 4) is 0 Å². The Labute approximate surface area is 109 Å². The first-order valence-electron chi connectivity index (χ1n) is 6.49. The average molecular weight is 265 g/mol. The topological polar surface area (TPSA) is 98.3 Å². The van der Waals surface area contributed by atoms with Crippen LogP contribution in [0.1, 0.15) is 36.2 Å². The predicted octanol–water partition coefficient (Wildman–Crippen LogP) is 1.93. The SMILES string of the molecule is O=C(O)c1nn(CC2CC3CCC2C3)cc1[N+](=O)[O-]. The largest absolute Gasteiger partial charge is 0.476 e. The van der Waals surface area contributed by atoms with Crippen LogP contribution in [0, 0.1) is 27.9 Å². The van der Waals surface area contributed by atoms with Gasteiger partial charge in [0.15, 0.2) is 0 Å². The summed E-state index contributed by atoms with van der Waals surface area (Å²) in [7, 11) is 0. The van der Waals surface area contributed by atoms with Crippen molar-refractivity contribution in [2.24, 2.45) is 17.8 Å². The van der Waals surface area contributed by atoms with E-state index in [1.807, 2.05) is 0 Å². The molecule has 0 aromatic carbocycles. The van der Waals surface area contributed by atoms with E-state index in [0.717, 1.165) is 12.3 Å². The highest BCUT2D eigenvalue weighted by atomic mass is 16.6. The Balaban J connectivity index is 1.80. The molecule has 2 bridgehead atoms. The molecule has 0 aliphatic heterocycles. The zero-order valence-electron chi connectivity index (χ0n) is 10.4. The van der Waals surface area contributed by atoms with Crippen LogP contribution < -0.4 is 0 Å². The Kier molecular flexibility index (Phi) is 2.76. The Morgan fingerprint density at radius 1 is 1.53 bits per heavy atom. The Morgan fingerprint density at radius 2 is 2.32 bits per heavy atom. The number of hydrogen-bond donors (Lipinski definition) is 1. The highest BCUT2D eigenvalue weighted by molar-refractivity contribution is 5.89. The van der Waals surface area contributed by atoms with Crippen molar-refractivity contribution in [3.05, 3.63) is 22.0 Å². The van der Waals surface area contributed by atoms with Crippen molar-refractivity contribution >= 4 is 11.7 Å². The van der Waals surface area contributed by atoms with Gasteiger partial charge >= 0.3 is 11.7 Å². The number of carboxylic acid groups (broad SMARTS) is 1. The van der Waals surface area contributed by atoms with Crippen molar-refractivity contribution in [3.63, 3.8) is 0 Å². The van der Waals surface area contributed by atoms with Crippen LogP contribution in [0.2, 0.25) is 0 Å². The first-order valence-corrected chi connectivity index (χ1v) is 6.49. The van der Waals surface area contributed by atoms with Crippen molar-refractivity contribution in [1.29, 1.82) is 0 Å². The fraction of sp³-hybridized carbons (Fsp3) is 0.667. The Hall–Kier alpha value is -1.92. The molecule has 2 aliphatic rings. The second-order valence-electron chi connectivity index (χ2n) is 5.58. The lowest BCUT2D eigenvalue weighted by atomic mass is 9.89. The lowest BCUT2D eigenvalue weighted by Crippen LogP contribution is -2.18. The summed E-state index contributed by atoms with van der Waals surface area (Å²) in [4.78, 5) is 21.0. The van der Waals surface area contributed by atoms with Crippen molar-refractivity contribution in [2.75, 3.05) is 0 Å². The van der Waals surface area contributed by atoms with Crippen LogP contribution in [0.25, 0.3) is 0 Å². The normalized spacial score (nSPS) is 28.7. The fourth-order valence-corrected chi connectivity index (χ4v) is 3.63. The molecule has 2 saturated carbocycles. The molecule has 3 unspecified atom stereocenters. The molecule has 0 amide bonds. The highest BCUT2D eigenvalue weighted by Crippen LogP contribution is 2.48. The third-order valence-corrected chi connectivity index (χ3v) is 4.45. The number of nitrogens with zero attached hydrogens (tertiary/aromatic N) is 3. The van der Waals surface area contributed by atoms with Crippen molar-refractivity contribution in [1.82, 2.24) is 9.78 Å². The van der Waals surface area contributed by atoms with E-state index in [-0.39, 0.29) is 0 Å². The lowest BCUT2D eigenvalue weighted by Gasteiger charge is -2.21. The van der Waals surface area contributed by atoms with E-state index in [0.29, 0.717) is 18.4 Å². The van der Waals surface area contributed by atoms with Gasteiger partial charge in [0.2, 0.25) is 5.69 Å². The Bertz CT molecular complexity index is 508. The van der Waals surface area contributed by atoms with Gasteiger partial charge in [-0.1, -0.05) is 6.42 Å². The summed E-state index contributed by atoms with van der Waals surface area (Å²) in [6.45, 7) is 0.593. The molecule has 1 heterocycles. The van der Waals surface area contributed by atoms with E-state index in [1.54, 1.807) is 0 Å². The van der Waals surface area contributed by atoms with E-state index in [9.17, 15) is 14.9 Å². The first kappa shape index (κ1) is 12.1. The van der Waals surface area contributed by atoms with E-state index in [1.165, 1.54) is 30.1 Å². The van der Waals surface area contributed by atoms with Crippen LogP contribution in [-0.2, 0) is 6.54 Å². The number of aromatic nitrogens is 2. The van der Waals surface area contributed by atoms with Crippen LogP contribution >= 0.6 is 0 Å². The van der Waals surface area contributed by atoms with Crippen LogP contribution in [0.15, 0.2) is 6.20 Å². The summed E-state index contributed by atoms with van der Waals surface area (Å²) in [5, 5.41) is 23.6. The maximum atomic E-state index is 10.9. The summed E-state index contributed by atoms with van der Waals surface area (Å²) >= 11 is 0. The summed E-state index contributed by atoms with van der Waals surface area (Å²) < 4.78 is 1.44. The number of fused-ring (bicyclic) bond motifs is 2. The molecule has 3 rings (SSSR count). The zero-order chi connectivity index (χ0) is 13.6. The van der Waals surface area contributed by atoms with Crippen LogP contribution in [0.4, 0.5) is 5.69 Å². The molecule has 0 radical (unpaired) electrons. The van der Waals surface area contributed by atoms with Gasteiger partial charge in [0, 0.05) is 6.54 Å². The molecule has 3 atom stereocenters. The summed E-state index contributed by atoms with van der Waals surface area (Å²) in [5.74, 6) is 0.610. The third-order valence-electron chi connectivity index (χ3n) is 4.45. The molecule has 2 aliphatic carbocycles. The van der Waals surface area contributed by atoms with E-state index >= 15 is 0 Å². The van der Waals surface area contributed by atoms with Gasteiger partial charge in [-0.25, -0.2) is 4.79 Å². The minimum Gasteiger partial charge on any atom is -0.476 e. The molecule has 102 valence electrons. The van der Waals surface area contributed by atoms with Gasteiger partial charge in [-0.05, 0) is 37.0 Å². The minimum absolute atomic E-state index is 0.421. The number of carbonyl (C=O) groups is 1. The number of carboxylic acids is 1. The Morgan fingerprint density at radius 3 is 2.79 bits per heavy atom. The molecule has 1 aromatic heterocycles. The van der Waals surface area contributed by atoms with Crippen LogP contribution in [0.3, 0.4) is 0 Å². The smallest absolute Gasteiger partial charge is 0.363 e. The number of hydrogen-bond acceptors (Lipinski definition) is 4. The van der Waals surface area contributed by atoms with Crippen LogP contribution in [-0.4, -0.2) is 25.8 Å². The van der Waals surface area contributed by atoms with E-state index < -0.39 is 22.3 Å². The zero-order valence-corrected chi connectivity index (χ0v) is 10.4. The number of rotatable bonds is 4. The quantitative estimate of drug-likeness (QED) is 0.662. The second kappa shape index (κ2) is 4.32. The van der Waals surface area contributed by atoms with Gasteiger partial charge in [-0.2, -0.15) is 5.10 Å².